The fourth-order valence-electron chi connectivity index (χ4n) is 4.34. The van der Waals surface area contributed by atoms with Crippen LogP contribution >= 0.6 is 0 Å². The van der Waals surface area contributed by atoms with E-state index < -0.39 is 0 Å². The molecule has 8 nitrogen and oxygen atoms in total. The van der Waals surface area contributed by atoms with Crippen LogP contribution in [-0.4, -0.2) is 61.3 Å². The summed E-state index contributed by atoms with van der Waals surface area (Å²) in [4.78, 5) is 26.2. The van der Waals surface area contributed by atoms with Gasteiger partial charge in [0.2, 0.25) is 0 Å². The van der Waals surface area contributed by atoms with E-state index in [1.54, 1.807) is 24.3 Å². The molecule has 2 aliphatic heterocycles. The number of quaternary nitrogens is 2. The zero-order valence-corrected chi connectivity index (χ0v) is 22.5. The molecule has 200 valence electrons. The van der Waals surface area contributed by atoms with Gasteiger partial charge in [0.25, 0.3) is 11.8 Å². The van der Waals surface area contributed by atoms with Crippen LogP contribution in [0.25, 0.3) is 0 Å². The number of halogens is 2. The number of nitrogens with one attached hydrogen (secondary N) is 4. The minimum atomic E-state index is 0. The molecule has 6 N–H and O–H groups in total. The van der Waals surface area contributed by atoms with Crippen LogP contribution in [0.5, 0.6) is 11.5 Å². The standard InChI is InChI=1S/2C13H18N2O2.2ClH/c2*1-10-4-5-11(8-12(10)16)14-13(17)9-15-6-2-3-7-15;;/h2*4-5,8,16H,2-3,6-7,9H2,1H3,(H,14,17);2*1H. The Bertz CT molecular complexity index is 914. The number of phenolic OH excluding ortho intramolecular Hbond substituents is 2. The number of hydrogen-bond acceptors (Lipinski definition) is 4. The third-order valence-corrected chi connectivity index (χ3v) is 6.43. The first-order valence-electron chi connectivity index (χ1n) is 12.2. The molecule has 0 aromatic heterocycles. The van der Waals surface area contributed by atoms with Crippen LogP contribution in [0.1, 0.15) is 36.8 Å². The normalized spacial score (nSPS) is 15.2. The van der Waals surface area contributed by atoms with Crippen molar-refractivity contribution >= 4 is 23.2 Å². The molecule has 0 unspecified atom stereocenters. The van der Waals surface area contributed by atoms with Crippen molar-refractivity contribution in [1.82, 2.24) is 0 Å². The number of carbonyl (C=O) groups is 2. The second kappa shape index (κ2) is 15.6. The molecule has 2 saturated heterocycles. The Labute approximate surface area is 225 Å². The lowest BCUT2D eigenvalue weighted by atomic mass is 10.2. The summed E-state index contributed by atoms with van der Waals surface area (Å²) in [6, 6.07) is 10.4. The van der Waals surface area contributed by atoms with Gasteiger partial charge in [-0.25, -0.2) is 0 Å². The summed E-state index contributed by atoms with van der Waals surface area (Å²) in [5.74, 6) is 0.475. The Hall–Kier alpha value is -2.52. The van der Waals surface area contributed by atoms with Gasteiger partial charge < -0.3 is 55.5 Å². The molecule has 0 spiro atoms. The summed E-state index contributed by atoms with van der Waals surface area (Å²) >= 11 is 0. The monoisotopic (exact) mass is 540 g/mol. The van der Waals surface area contributed by atoms with Crippen LogP contribution in [0.15, 0.2) is 36.4 Å². The van der Waals surface area contributed by atoms with Gasteiger partial charge in [-0.3, -0.25) is 9.59 Å². The van der Waals surface area contributed by atoms with E-state index in [9.17, 15) is 19.8 Å². The van der Waals surface area contributed by atoms with Crippen molar-refractivity contribution in [2.45, 2.75) is 39.5 Å². The number of amides is 2. The summed E-state index contributed by atoms with van der Waals surface area (Å²) in [7, 11) is 0. The Morgan fingerprint density at radius 3 is 1.33 bits per heavy atom. The van der Waals surface area contributed by atoms with E-state index >= 15 is 0 Å². The van der Waals surface area contributed by atoms with Gasteiger partial charge in [-0.15, -0.1) is 0 Å². The van der Waals surface area contributed by atoms with Gasteiger partial charge in [-0.1, -0.05) is 12.1 Å². The van der Waals surface area contributed by atoms with Crippen molar-refractivity contribution in [1.29, 1.82) is 0 Å². The third-order valence-electron chi connectivity index (χ3n) is 6.43. The summed E-state index contributed by atoms with van der Waals surface area (Å²) in [6.45, 7) is 9.06. The molecule has 2 heterocycles. The second-order valence-corrected chi connectivity index (χ2v) is 9.37. The molecule has 10 heteroatoms. The molecule has 0 aliphatic carbocycles. The molecule has 0 radical (unpaired) electrons. The van der Waals surface area contributed by atoms with E-state index in [0.29, 0.717) is 24.5 Å². The lowest BCUT2D eigenvalue weighted by Gasteiger charge is -2.12. The number of aryl methyl sites for hydroxylation is 2. The maximum atomic E-state index is 11.8. The van der Waals surface area contributed by atoms with E-state index in [2.05, 4.69) is 10.6 Å². The molecular weight excluding hydrogens is 503 g/mol. The molecule has 0 atom stereocenters. The highest BCUT2D eigenvalue weighted by molar-refractivity contribution is 5.92. The fraction of sp³-hybridized carbons (Fsp3) is 0.462. The Balaban J connectivity index is 0.000000341. The quantitative estimate of drug-likeness (QED) is 0.220. The first kappa shape index (κ1) is 31.5. The van der Waals surface area contributed by atoms with Crippen molar-refractivity contribution in [3.05, 3.63) is 47.5 Å². The molecule has 2 aliphatic rings. The maximum absolute atomic E-state index is 11.8. The van der Waals surface area contributed by atoms with Crippen LogP contribution in [-0.2, 0) is 9.59 Å². The van der Waals surface area contributed by atoms with Crippen molar-refractivity contribution in [3.8, 4) is 11.5 Å². The van der Waals surface area contributed by atoms with Crippen molar-refractivity contribution < 1.29 is 54.4 Å². The average molecular weight is 542 g/mol. The first-order valence-corrected chi connectivity index (χ1v) is 12.2. The van der Waals surface area contributed by atoms with Gasteiger partial charge in [0.1, 0.15) is 11.5 Å². The number of rotatable bonds is 6. The third kappa shape index (κ3) is 10.2. The number of hydrogen-bond donors (Lipinski definition) is 6. The van der Waals surface area contributed by atoms with Gasteiger partial charge >= 0.3 is 0 Å². The fourth-order valence-corrected chi connectivity index (χ4v) is 4.34. The smallest absolute Gasteiger partial charge is 0.279 e. The molecule has 0 bridgehead atoms. The predicted molar refractivity (Wildman–Crippen MR) is 133 cm³/mol. The first-order chi connectivity index (χ1) is 16.3. The van der Waals surface area contributed by atoms with Crippen LogP contribution < -0.4 is 45.2 Å². The zero-order valence-electron chi connectivity index (χ0n) is 21.0. The van der Waals surface area contributed by atoms with Gasteiger partial charge in [0, 0.05) is 49.2 Å². The summed E-state index contributed by atoms with van der Waals surface area (Å²) < 4.78 is 0. The number of anilines is 2. The van der Waals surface area contributed by atoms with Crippen LogP contribution in [0.2, 0.25) is 0 Å². The topological polar surface area (TPSA) is 108 Å². The minimum Gasteiger partial charge on any atom is -1.00 e. The highest BCUT2D eigenvalue weighted by Gasteiger charge is 2.19. The highest BCUT2D eigenvalue weighted by Crippen LogP contribution is 2.21. The molecule has 2 aromatic carbocycles. The lowest BCUT2D eigenvalue weighted by Crippen LogP contribution is -3.11. The SMILES string of the molecule is Cc1ccc(NC(=O)C[NH+]2CCCC2)cc1O.Cc1ccc(NC(=O)C[NH+]2CCCC2)cc1O.[Cl-].[Cl-]. The molecule has 2 fully saturated rings. The summed E-state index contributed by atoms with van der Waals surface area (Å²) in [5.41, 5.74) is 2.95. The van der Waals surface area contributed by atoms with Crippen molar-refractivity contribution in [2.24, 2.45) is 0 Å². The van der Waals surface area contributed by atoms with Crippen LogP contribution in [0, 0.1) is 13.8 Å². The van der Waals surface area contributed by atoms with Crippen LogP contribution in [0.3, 0.4) is 0 Å². The number of aromatic hydroxyl groups is 2. The van der Waals surface area contributed by atoms with E-state index in [1.807, 2.05) is 26.0 Å². The Morgan fingerprint density at radius 2 is 1.03 bits per heavy atom. The molecule has 0 saturated carbocycles. The van der Waals surface area contributed by atoms with Gasteiger partial charge in [-0.05, 0) is 37.1 Å². The maximum Gasteiger partial charge on any atom is 0.279 e. The zero-order chi connectivity index (χ0) is 24.5. The van der Waals surface area contributed by atoms with Crippen molar-refractivity contribution in [3.63, 3.8) is 0 Å². The average Bonchev–Trinajstić information content (AvgIpc) is 3.48. The number of phenols is 2. The lowest BCUT2D eigenvalue weighted by molar-refractivity contribution is -0.878. The van der Waals surface area contributed by atoms with E-state index in [-0.39, 0.29) is 48.1 Å². The summed E-state index contributed by atoms with van der Waals surface area (Å²) in [5, 5.41) is 24.7. The molecule has 36 heavy (non-hydrogen) atoms. The molecule has 2 amide bonds. The van der Waals surface area contributed by atoms with Crippen molar-refractivity contribution in [2.75, 3.05) is 49.9 Å². The minimum absolute atomic E-state index is 0. The Morgan fingerprint density at radius 1 is 0.694 bits per heavy atom. The molecule has 2 aromatic rings. The van der Waals surface area contributed by atoms with E-state index in [1.165, 1.54) is 35.5 Å². The van der Waals surface area contributed by atoms with Gasteiger partial charge in [0.15, 0.2) is 13.1 Å². The highest BCUT2D eigenvalue weighted by atomic mass is 35.5. The number of benzene rings is 2. The van der Waals surface area contributed by atoms with Gasteiger partial charge in [0.05, 0.1) is 26.2 Å². The number of likely N-dealkylation sites (tertiary alicyclic amines) is 2. The largest absolute Gasteiger partial charge is 1.00 e. The van der Waals surface area contributed by atoms with Crippen LogP contribution in [0.4, 0.5) is 11.4 Å². The second-order valence-electron chi connectivity index (χ2n) is 9.37. The van der Waals surface area contributed by atoms with Gasteiger partial charge in [-0.2, -0.15) is 0 Å². The predicted octanol–water partition coefficient (Wildman–Crippen LogP) is -5.36. The Kier molecular flexibility index (Phi) is 13.6. The summed E-state index contributed by atoms with van der Waals surface area (Å²) in [6.07, 6.45) is 4.86. The molecule has 4 rings (SSSR count). The van der Waals surface area contributed by atoms with E-state index in [0.717, 1.165) is 37.3 Å². The van der Waals surface area contributed by atoms with E-state index in [4.69, 9.17) is 0 Å². The number of carbonyl (C=O) groups excluding carboxylic acids is 2. The molecular formula is C26H38Cl2N4O4.